The van der Waals surface area contributed by atoms with Crippen molar-refractivity contribution in [3.8, 4) is 5.75 Å². The van der Waals surface area contributed by atoms with Crippen molar-refractivity contribution in [2.75, 3.05) is 18.8 Å². The maximum atomic E-state index is 12.1. The molecule has 1 amide bonds. The van der Waals surface area contributed by atoms with Crippen LogP contribution in [0, 0.1) is 0 Å². The van der Waals surface area contributed by atoms with Crippen molar-refractivity contribution in [3.05, 3.63) is 65.7 Å². The molecule has 1 saturated heterocycles. The number of carbonyl (C=O) groups excluding carboxylic acids is 2. The molecule has 30 heavy (non-hydrogen) atoms. The molecule has 1 aliphatic heterocycles. The fraction of sp³-hybridized carbons (Fsp3) is 0.440. The molecule has 0 N–H and O–H groups in total. The molecule has 0 atom stereocenters. The molecule has 0 radical (unpaired) electrons. The zero-order valence-corrected chi connectivity index (χ0v) is 19.5. The highest BCUT2D eigenvalue weighted by atomic mass is 32.2. The van der Waals surface area contributed by atoms with E-state index in [1.54, 1.807) is 6.92 Å². The van der Waals surface area contributed by atoms with E-state index in [9.17, 15) is 9.59 Å². The van der Waals surface area contributed by atoms with Crippen molar-refractivity contribution in [1.82, 2.24) is 4.90 Å². The number of carbonyl (C=O) groups is 2. The van der Waals surface area contributed by atoms with Gasteiger partial charge in [-0.25, -0.2) is 0 Å². The molecule has 0 bridgehead atoms. The van der Waals surface area contributed by atoms with Crippen LogP contribution in [-0.2, 0) is 11.4 Å². The van der Waals surface area contributed by atoms with E-state index in [4.69, 9.17) is 4.74 Å². The number of nitrogens with zero attached hydrogens (tertiary/aromatic N) is 1. The highest BCUT2D eigenvalue weighted by molar-refractivity contribution is 8.14. The first-order valence-electron chi connectivity index (χ1n) is 10.8. The molecule has 164 valence electrons. The quantitative estimate of drug-likeness (QED) is 0.548. The maximum Gasteiger partial charge on any atom is 0.223 e. The van der Waals surface area contributed by atoms with Gasteiger partial charge >= 0.3 is 0 Å². The molecular weight excluding hydrogens is 394 g/mol. The summed E-state index contributed by atoms with van der Waals surface area (Å²) in [7, 11) is 0. The highest BCUT2D eigenvalue weighted by Crippen LogP contribution is 2.24. The minimum absolute atomic E-state index is 0.0792. The summed E-state index contributed by atoms with van der Waals surface area (Å²) in [6, 6.07) is 17.4. The fourth-order valence-electron chi connectivity index (χ4n) is 2.80. The second-order valence-corrected chi connectivity index (χ2v) is 7.69. The number of likely N-dealkylation sites (tertiary alicyclic amines) is 1. The van der Waals surface area contributed by atoms with E-state index in [1.807, 2.05) is 73.3 Å². The standard InChI is InChI=1S/C17H18O2S.C6H11NO.C2H6/c1-2-12-20-17(18)15-10-6-7-11-16(15)19-13-14-8-4-3-5-9-14;1-6(8)7-4-2-3-5-7;1-2/h3-11H,2,12-13H2,1H3;2-5H2,1H3;1-2H3. The van der Waals surface area contributed by atoms with Gasteiger partial charge in [-0.05, 0) is 37.0 Å². The summed E-state index contributed by atoms with van der Waals surface area (Å²) in [6.07, 6.45) is 3.38. The predicted molar refractivity (Wildman–Crippen MR) is 127 cm³/mol. The molecule has 2 aromatic rings. The molecule has 3 rings (SSSR count). The van der Waals surface area contributed by atoms with Gasteiger partial charge in [-0.3, -0.25) is 9.59 Å². The van der Waals surface area contributed by atoms with Gasteiger partial charge in [-0.2, -0.15) is 0 Å². The number of rotatable bonds is 6. The lowest BCUT2D eigenvalue weighted by atomic mass is 10.2. The van der Waals surface area contributed by atoms with E-state index in [1.165, 1.54) is 24.6 Å². The number of ether oxygens (including phenoxy) is 1. The molecule has 1 aliphatic rings. The van der Waals surface area contributed by atoms with Gasteiger partial charge in [0.2, 0.25) is 11.0 Å². The van der Waals surface area contributed by atoms with E-state index in [2.05, 4.69) is 6.92 Å². The average Bonchev–Trinajstić information content (AvgIpc) is 3.34. The van der Waals surface area contributed by atoms with E-state index in [0.717, 1.165) is 30.8 Å². The minimum Gasteiger partial charge on any atom is -0.488 e. The van der Waals surface area contributed by atoms with Crippen LogP contribution in [0.3, 0.4) is 0 Å². The lowest BCUT2D eigenvalue weighted by Gasteiger charge is -2.10. The van der Waals surface area contributed by atoms with Crippen LogP contribution in [0.5, 0.6) is 5.75 Å². The zero-order valence-electron chi connectivity index (χ0n) is 18.7. The lowest BCUT2D eigenvalue weighted by Crippen LogP contribution is -2.24. The molecule has 0 aliphatic carbocycles. The topological polar surface area (TPSA) is 46.6 Å². The lowest BCUT2D eigenvalue weighted by molar-refractivity contribution is -0.127. The summed E-state index contributed by atoms with van der Waals surface area (Å²) >= 11 is 1.35. The molecule has 1 heterocycles. The predicted octanol–water partition coefficient (Wildman–Crippen LogP) is 6.20. The third-order valence-corrected chi connectivity index (χ3v) is 5.43. The first-order valence-corrected chi connectivity index (χ1v) is 11.8. The summed E-state index contributed by atoms with van der Waals surface area (Å²) < 4.78 is 5.79. The van der Waals surface area contributed by atoms with Gasteiger partial charge in [0.15, 0.2) is 0 Å². The van der Waals surface area contributed by atoms with Crippen LogP contribution in [0.25, 0.3) is 0 Å². The maximum absolute atomic E-state index is 12.1. The highest BCUT2D eigenvalue weighted by Gasteiger charge is 2.13. The Balaban J connectivity index is 0.000000375. The van der Waals surface area contributed by atoms with E-state index in [0.29, 0.717) is 17.9 Å². The van der Waals surface area contributed by atoms with Gasteiger partial charge in [0.25, 0.3) is 0 Å². The molecule has 1 fully saturated rings. The van der Waals surface area contributed by atoms with Crippen LogP contribution < -0.4 is 4.74 Å². The SMILES string of the molecule is CC.CC(=O)N1CCCC1.CCCSC(=O)c1ccccc1OCc1ccccc1. The van der Waals surface area contributed by atoms with Crippen molar-refractivity contribution in [1.29, 1.82) is 0 Å². The van der Waals surface area contributed by atoms with Crippen molar-refractivity contribution < 1.29 is 14.3 Å². The van der Waals surface area contributed by atoms with Crippen LogP contribution in [0.2, 0.25) is 0 Å². The van der Waals surface area contributed by atoms with Crippen molar-refractivity contribution in [3.63, 3.8) is 0 Å². The zero-order chi connectivity index (χ0) is 22.2. The number of thioether (sulfide) groups is 1. The molecule has 0 unspecified atom stereocenters. The van der Waals surface area contributed by atoms with Gasteiger partial charge in [0, 0.05) is 25.8 Å². The Hall–Kier alpha value is -2.27. The molecular formula is C25H35NO3S. The smallest absolute Gasteiger partial charge is 0.223 e. The number of hydrogen-bond donors (Lipinski definition) is 0. The Morgan fingerprint density at radius 1 is 0.967 bits per heavy atom. The van der Waals surface area contributed by atoms with Gasteiger partial charge in [0.1, 0.15) is 12.4 Å². The first kappa shape index (κ1) is 25.8. The van der Waals surface area contributed by atoms with E-state index in [-0.39, 0.29) is 11.0 Å². The number of amides is 1. The Labute approximate surface area is 186 Å². The number of benzene rings is 2. The molecule has 4 nitrogen and oxygen atoms in total. The number of para-hydroxylation sites is 1. The Kier molecular flexibility index (Phi) is 13.4. The third-order valence-electron chi connectivity index (χ3n) is 4.33. The van der Waals surface area contributed by atoms with Crippen LogP contribution in [-0.4, -0.2) is 34.8 Å². The average molecular weight is 430 g/mol. The molecule has 5 heteroatoms. The summed E-state index contributed by atoms with van der Waals surface area (Å²) in [5.41, 5.74) is 1.75. The van der Waals surface area contributed by atoms with Crippen LogP contribution >= 0.6 is 11.8 Å². The van der Waals surface area contributed by atoms with Crippen LogP contribution in [0.1, 0.15) is 62.9 Å². The Morgan fingerprint density at radius 3 is 2.13 bits per heavy atom. The van der Waals surface area contributed by atoms with E-state index >= 15 is 0 Å². The second-order valence-electron chi connectivity index (χ2n) is 6.62. The molecule has 0 aromatic heterocycles. The van der Waals surface area contributed by atoms with Crippen molar-refractivity contribution >= 4 is 22.8 Å². The van der Waals surface area contributed by atoms with Gasteiger partial charge in [-0.15, -0.1) is 0 Å². The van der Waals surface area contributed by atoms with Gasteiger partial charge in [0.05, 0.1) is 5.56 Å². The first-order chi connectivity index (χ1) is 14.6. The Bertz CT molecular complexity index is 743. The summed E-state index contributed by atoms with van der Waals surface area (Å²) in [4.78, 5) is 24.6. The number of hydrogen-bond acceptors (Lipinski definition) is 4. The third kappa shape index (κ3) is 9.49. The summed E-state index contributed by atoms with van der Waals surface area (Å²) in [5, 5.41) is 0.0792. The largest absolute Gasteiger partial charge is 0.488 e. The summed E-state index contributed by atoms with van der Waals surface area (Å²) in [6.45, 7) is 10.1. The Morgan fingerprint density at radius 2 is 1.57 bits per heavy atom. The van der Waals surface area contributed by atoms with Gasteiger partial charge in [-0.1, -0.05) is 75.0 Å². The van der Waals surface area contributed by atoms with E-state index < -0.39 is 0 Å². The normalized spacial score (nSPS) is 12.2. The van der Waals surface area contributed by atoms with Crippen molar-refractivity contribution in [2.24, 2.45) is 0 Å². The minimum atomic E-state index is 0.0792. The monoisotopic (exact) mass is 429 g/mol. The van der Waals surface area contributed by atoms with Crippen LogP contribution in [0.4, 0.5) is 0 Å². The molecule has 2 aromatic carbocycles. The fourth-order valence-corrected chi connectivity index (χ4v) is 3.51. The van der Waals surface area contributed by atoms with Crippen molar-refractivity contribution in [2.45, 2.75) is 53.6 Å². The van der Waals surface area contributed by atoms with Crippen LogP contribution in [0.15, 0.2) is 54.6 Å². The van der Waals surface area contributed by atoms with Gasteiger partial charge < -0.3 is 9.64 Å². The summed E-state index contributed by atoms with van der Waals surface area (Å²) in [5.74, 6) is 1.72. The second kappa shape index (κ2) is 15.6. The molecule has 0 saturated carbocycles. The molecule has 0 spiro atoms.